The highest BCUT2D eigenvalue weighted by Gasteiger charge is 2.19. The van der Waals surface area contributed by atoms with Crippen molar-refractivity contribution in [3.8, 4) is 34.8 Å². The molecule has 2 aromatic carbocycles. The van der Waals surface area contributed by atoms with Gasteiger partial charge in [-0.3, -0.25) is 4.79 Å². The lowest BCUT2D eigenvalue weighted by Gasteiger charge is -2.15. The van der Waals surface area contributed by atoms with Crippen molar-refractivity contribution in [2.75, 3.05) is 12.3 Å². The number of nitrogens with zero attached hydrogens (tertiary/aromatic N) is 2. The molecule has 0 saturated heterocycles. The summed E-state index contributed by atoms with van der Waals surface area (Å²) in [6, 6.07) is 16.0. The van der Waals surface area contributed by atoms with Crippen LogP contribution in [0.25, 0.3) is 11.1 Å². The minimum Gasteiger partial charge on any atom is -0.490 e. The summed E-state index contributed by atoms with van der Waals surface area (Å²) in [4.78, 5) is 14.5. The van der Waals surface area contributed by atoms with Gasteiger partial charge in [-0.05, 0) is 42.3 Å². The van der Waals surface area contributed by atoms with E-state index < -0.39 is 5.56 Å². The van der Waals surface area contributed by atoms with Crippen molar-refractivity contribution in [2.24, 2.45) is 0 Å². The van der Waals surface area contributed by atoms with Crippen LogP contribution in [0.3, 0.4) is 0 Å². The highest BCUT2D eigenvalue weighted by Crippen LogP contribution is 2.36. The molecular formula is C22H17ClN4O3. The lowest BCUT2D eigenvalue weighted by atomic mass is 9.96. The molecule has 7 nitrogen and oxygen atoms in total. The SMILES string of the molecule is CCOc1cc(-c2c(C#N)c(N)[nH]c(=O)c2C#N)ccc1OCc1ccc(Cl)cc1. The molecule has 1 heterocycles. The Bertz CT molecular complexity index is 1220. The largest absolute Gasteiger partial charge is 0.490 e. The van der Waals surface area contributed by atoms with E-state index in [0.29, 0.717) is 35.3 Å². The van der Waals surface area contributed by atoms with Crippen LogP contribution in [0.15, 0.2) is 47.3 Å². The van der Waals surface area contributed by atoms with Crippen LogP contribution < -0.4 is 20.8 Å². The average molecular weight is 421 g/mol. The maximum atomic E-state index is 12.2. The highest BCUT2D eigenvalue weighted by atomic mass is 35.5. The first-order valence-electron chi connectivity index (χ1n) is 8.98. The number of nitrogen functional groups attached to an aromatic ring is 1. The lowest BCUT2D eigenvalue weighted by Crippen LogP contribution is -2.16. The van der Waals surface area contributed by atoms with E-state index in [4.69, 9.17) is 26.8 Å². The third-order valence-electron chi connectivity index (χ3n) is 4.31. The number of aromatic nitrogens is 1. The Morgan fingerprint density at radius 3 is 2.37 bits per heavy atom. The third-order valence-corrected chi connectivity index (χ3v) is 4.56. The van der Waals surface area contributed by atoms with Gasteiger partial charge in [-0.15, -0.1) is 0 Å². The van der Waals surface area contributed by atoms with Crippen LogP contribution in [0.4, 0.5) is 5.82 Å². The van der Waals surface area contributed by atoms with Gasteiger partial charge in [0.1, 0.15) is 35.7 Å². The molecule has 30 heavy (non-hydrogen) atoms. The van der Waals surface area contributed by atoms with E-state index in [1.807, 2.05) is 31.2 Å². The van der Waals surface area contributed by atoms with Gasteiger partial charge in [-0.25, -0.2) is 0 Å². The predicted molar refractivity (Wildman–Crippen MR) is 113 cm³/mol. The second-order valence-corrected chi connectivity index (χ2v) is 6.66. The van der Waals surface area contributed by atoms with Gasteiger partial charge in [-0.2, -0.15) is 10.5 Å². The van der Waals surface area contributed by atoms with Gasteiger partial charge >= 0.3 is 0 Å². The fraction of sp³-hybridized carbons (Fsp3) is 0.136. The fourth-order valence-electron chi connectivity index (χ4n) is 2.92. The van der Waals surface area contributed by atoms with E-state index in [0.717, 1.165) is 5.56 Å². The Hall–Kier alpha value is -3.94. The number of halogens is 1. The fourth-order valence-corrected chi connectivity index (χ4v) is 3.05. The van der Waals surface area contributed by atoms with E-state index in [1.54, 1.807) is 30.3 Å². The smallest absolute Gasteiger partial charge is 0.268 e. The molecule has 3 aromatic rings. The van der Waals surface area contributed by atoms with Gasteiger partial charge in [0, 0.05) is 10.6 Å². The van der Waals surface area contributed by atoms with E-state index >= 15 is 0 Å². The maximum absolute atomic E-state index is 12.2. The Balaban J connectivity index is 2.04. The number of pyridine rings is 1. The first-order valence-corrected chi connectivity index (χ1v) is 9.36. The molecule has 0 saturated carbocycles. The molecular weight excluding hydrogens is 404 g/mol. The summed E-state index contributed by atoms with van der Waals surface area (Å²) in [6.07, 6.45) is 0. The topological polar surface area (TPSA) is 125 Å². The summed E-state index contributed by atoms with van der Waals surface area (Å²) < 4.78 is 11.6. The number of rotatable bonds is 6. The van der Waals surface area contributed by atoms with Crippen molar-refractivity contribution >= 4 is 17.4 Å². The van der Waals surface area contributed by atoms with Crippen LogP contribution in [0.2, 0.25) is 5.02 Å². The first-order chi connectivity index (χ1) is 14.5. The standard InChI is InChI=1S/C22H17ClN4O3/c1-2-29-19-9-14(20-16(10-24)21(26)27-22(28)17(20)11-25)5-8-18(19)30-12-13-3-6-15(23)7-4-13/h3-9H,2,12H2,1H3,(H3,26,27,28). The Morgan fingerprint density at radius 2 is 1.73 bits per heavy atom. The molecule has 0 aliphatic rings. The van der Waals surface area contributed by atoms with Gasteiger partial charge in [0.2, 0.25) is 0 Å². The molecule has 0 unspecified atom stereocenters. The monoisotopic (exact) mass is 420 g/mol. The molecule has 0 atom stereocenters. The predicted octanol–water partition coefficient (Wildman–Crippen LogP) is 4.00. The molecule has 8 heteroatoms. The Kier molecular flexibility index (Phi) is 6.26. The summed E-state index contributed by atoms with van der Waals surface area (Å²) in [5.41, 5.74) is 6.48. The van der Waals surface area contributed by atoms with Crippen LogP contribution in [-0.4, -0.2) is 11.6 Å². The van der Waals surface area contributed by atoms with Gasteiger partial charge < -0.3 is 20.2 Å². The van der Waals surface area contributed by atoms with Crippen molar-refractivity contribution in [2.45, 2.75) is 13.5 Å². The molecule has 0 spiro atoms. The number of ether oxygens (including phenoxy) is 2. The zero-order valence-corrected chi connectivity index (χ0v) is 16.8. The molecule has 150 valence electrons. The summed E-state index contributed by atoms with van der Waals surface area (Å²) in [7, 11) is 0. The zero-order chi connectivity index (χ0) is 21.7. The molecule has 0 radical (unpaired) electrons. The summed E-state index contributed by atoms with van der Waals surface area (Å²) >= 11 is 5.90. The maximum Gasteiger partial charge on any atom is 0.268 e. The molecule has 0 bridgehead atoms. The normalized spacial score (nSPS) is 10.1. The quantitative estimate of drug-likeness (QED) is 0.620. The number of hydrogen-bond donors (Lipinski definition) is 2. The highest BCUT2D eigenvalue weighted by molar-refractivity contribution is 6.30. The van der Waals surface area contributed by atoms with Crippen LogP contribution in [0.5, 0.6) is 11.5 Å². The Morgan fingerprint density at radius 1 is 1.03 bits per heavy atom. The number of nitrogens with two attached hydrogens (primary N) is 1. The summed E-state index contributed by atoms with van der Waals surface area (Å²) in [5, 5.41) is 19.6. The summed E-state index contributed by atoms with van der Waals surface area (Å²) in [5.74, 6) is 0.790. The van der Waals surface area contributed by atoms with Crippen LogP contribution in [0.1, 0.15) is 23.6 Å². The van der Waals surface area contributed by atoms with Crippen LogP contribution in [-0.2, 0) is 6.61 Å². The molecule has 0 aliphatic carbocycles. The average Bonchev–Trinajstić information content (AvgIpc) is 2.73. The first kappa shape index (κ1) is 20.8. The van der Waals surface area contributed by atoms with Crippen LogP contribution >= 0.6 is 11.6 Å². The molecule has 3 N–H and O–H groups in total. The summed E-state index contributed by atoms with van der Waals surface area (Å²) in [6.45, 7) is 2.48. The number of aromatic amines is 1. The molecule has 0 fully saturated rings. The number of anilines is 1. The number of hydrogen-bond acceptors (Lipinski definition) is 6. The van der Waals surface area contributed by atoms with E-state index in [9.17, 15) is 15.3 Å². The van der Waals surface area contributed by atoms with Crippen molar-refractivity contribution in [3.63, 3.8) is 0 Å². The zero-order valence-electron chi connectivity index (χ0n) is 16.0. The number of benzene rings is 2. The van der Waals surface area contributed by atoms with Crippen LogP contribution in [0, 0.1) is 22.7 Å². The van der Waals surface area contributed by atoms with Crippen molar-refractivity contribution in [1.82, 2.24) is 4.98 Å². The van der Waals surface area contributed by atoms with Gasteiger partial charge in [0.05, 0.1) is 6.61 Å². The molecule has 1 aromatic heterocycles. The minimum atomic E-state index is -0.662. The van der Waals surface area contributed by atoms with Crippen molar-refractivity contribution in [3.05, 3.63) is 74.5 Å². The third kappa shape index (κ3) is 4.22. The van der Waals surface area contributed by atoms with Gasteiger partial charge in [-0.1, -0.05) is 29.8 Å². The van der Waals surface area contributed by atoms with Gasteiger partial charge in [0.15, 0.2) is 11.5 Å². The number of nitrogens with one attached hydrogen (secondary N) is 1. The minimum absolute atomic E-state index is 0.0171. The second-order valence-electron chi connectivity index (χ2n) is 6.23. The van der Waals surface area contributed by atoms with E-state index in [2.05, 4.69) is 4.98 Å². The van der Waals surface area contributed by atoms with Gasteiger partial charge in [0.25, 0.3) is 5.56 Å². The molecule has 0 aliphatic heterocycles. The van der Waals surface area contributed by atoms with Crippen molar-refractivity contribution < 1.29 is 9.47 Å². The van der Waals surface area contributed by atoms with E-state index in [1.165, 1.54) is 0 Å². The Labute approximate surface area is 177 Å². The lowest BCUT2D eigenvalue weighted by molar-refractivity contribution is 0.269. The molecule has 0 amide bonds. The van der Waals surface area contributed by atoms with Crippen molar-refractivity contribution in [1.29, 1.82) is 10.5 Å². The van der Waals surface area contributed by atoms with E-state index in [-0.39, 0.29) is 22.5 Å². The second kappa shape index (κ2) is 9.04. The molecule has 3 rings (SSSR count). The number of H-pyrrole nitrogens is 1. The number of nitriles is 2.